The first-order valence-electron chi connectivity index (χ1n) is 14.8. The Bertz CT molecular complexity index is 1260. The van der Waals surface area contributed by atoms with Crippen LogP contribution in [0.2, 0.25) is 0 Å². The van der Waals surface area contributed by atoms with Gasteiger partial charge in [0.15, 0.2) is 9.84 Å². The minimum atomic E-state index is -3.70. The summed E-state index contributed by atoms with van der Waals surface area (Å²) < 4.78 is 53.3. The average molecular weight is 641 g/mol. The van der Waals surface area contributed by atoms with Crippen molar-refractivity contribution in [2.24, 2.45) is 4.99 Å². The number of halogens is 1. The molecule has 2 atom stereocenters. The number of nitrogens with one attached hydrogen (secondary N) is 1. The smallest absolute Gasteiger partial charge is 0.413 e. The first-order chi connectivity index (χ1) is 20.5. The number of rotatable bonds is 6. The molecule has 2 aromatic rings. The highest BCUT2D eigenvalue weighted by Crippen LogP contribution is 2.34. The molecule has 0 bridgehead atoms. The Hall–Kier alpha value is -2.86. The van der Waals surface area contributed by atoms with Gasteiger partial charge in [0, 0.05) is 19.8 Å². The fourth-order valence-electron chi connectivity index (χ4n) is 3.71. The highest BCUT2D eigenvalue weighted by molar-refractivity contribution is 7.93. The van der Waals surface area contributed by atoms with Crippen LogP contribution in [0.5, 0.6) is 0 Å². The molecule has 44 heavy (non-hydrogen) atoms. The van der Waals surface area contributed by atoms with Gasteiger partial charge in [0.25, 0.3) is 0 Å². The van der Waals surface area contributed by atoms with E-state index in [0.29, 0.717) is 19.6 Å². The molecule has 1 aliphatic rings. The van der Waals surface area contributed by atoms with Crippen molar-refractivity contribution in [2.75, 3.05) is 26.6 Å². The number of nitrogens with zero attached hydrogens (tertiary/aromatic N) is 1. The van der Waals surface area contributed by atoms with Crippen LogP contribution in [0, 0.1) is 5.82 Å². The summed E-state index contributed by atoms with van der Waals surface area (Å²) in [6, 6.07) is 13.8. The number of benzene rings is 2. The molecule has 1 amide bonds. The number of hydrogen-bond donors (Lipinski definition) is 2. The maximum atomic E-state index is 14.4. The van der Waals surface area contributed by atoms with Gasteiger partial charge in [-0.15, -0.1) is 0 Å². The predicted octanol–water partition coefficient (Wildman–Crippen LogP) is 6.43. The summed E-state index contributed by atoms with van der Waals surface area (Å²) in [7, 11) is -0.437. The Balaban J connectivity index is 0.000000886. The molecule has 0 saturated heterocycles. The summed E-state index contributed by atoms with van der Waals surface area (Å²) in [6.07, 6.45) is -0.437. The van der Waals surface area contributed by atoms with E-state index in [1.54, 1.807) is 54.0 Å². The summed E-state index contributed by atoms with van der Waals surface area (Å²) in [5.74, 6) is -0.898. The number of aliphatic hydroxyl groups excluding tert-OH is 1. The lowest BCUT2D eigenvalue weighted by atomic mass is 10.0. The average Bonchev–Trinajstić information content (AvgIpc) is 2.93. The fraction of sp³-hybridized carbons (Fsp3) is 0.576. The molecule has 2 N–H and O–H groups in total. The van der Waals surface area contributed by atoms with Gasteiger partial charge in [-0.1, -0.05) is 63.2 Å². The highest BCUT2D eigenvalue weighted by Gasteiger charge is 2.46. The quantitative estimate of drug-likeness (QED) is 0.373. The van der Waals surface area contributed by atoms with Crippen molar-refractivity contribution in [3.05, 3.63) is 71.0 Å². The molecule has 2 aromatic carbocycles. The third-order valence-electron chi connectivity index (χ3n) is 6.02. The van der Waals surface area contributed by atoms with Crippen LogP contribution in [0.4, 0.5) is 9.18 Å². The van der Waals surface area contributed by atoms with Gasteiger partial charge in [-0.25, -0.2) is 17.6 Å². The molecule has 0 saturated carbocycles. The minimum Gasteiger partial charge on any atom is -0.444 e. The summed E-state index contributed by atoms with van der Waals surface area (Å²) >= 11 is 0. The molecule has 250 valence electrons. The van der Waals surface area contributed by atoms with Gasteiger partial charge >= 0.3 is 6.09 Å². The number of methoxy groups -OCH3 is 2. The molecule has 0 aliphatic carbocycles. The molecule has 0 aromatic heterocycles. The van der Waals surface area contributed by atoms with Crippen molar-refractivity contribution in [1.29, 1.82) is 0 Å². The number of amidine groups is 1. The van der Waals surface area contributed by atoms with Gasteiger partial charge in [-0.2, -0.15) is 0 Å². The maximum Gasteiger partial charge on any atom is 0.413 e. The molecule has 9 nitrogen and oxygen atoms in total. The molecular formula is C33H53FN2O7S. The Labute approximate surface area is 264 Å². The van der Waals surface area contributed by atoms with E-state index in [9.17, 15) is 17.6 Å². The lowest BCUT2D eigenvalue weighted by Crippen LogP contribution is -2.54. The number of carbonyl (C=O) groups excluding carboxylic acids is 1. The molecule has 3 rings (SSSR count). The molecule has 1 aliphatic heterocycles. The SMILES string of the molecule is CC.CCc1ccc(F)c([C@@H]2CS(=O)(=O)C(C)(C)C(NC(=O)OC(C)(C)C)=N2)c1.COCC(C)O.COCc1ccccc1. The predicted molar refractivity (Wildman–Crippen MR) is 175 cm³/mol. The van der Waals surface area contributed by atoms with E-state index < -0.39 is 38.1 Å². The van der Waals surface area contributed by atoms with Gasteiger partial charge in [-0.3, -0.25) is 10.3 Å². The lowest BCUT2D eigenvalue weighted by molar-refractivity contribution is 0.0561. The number of hydrogen-bond acceptors (Lipinski definition) is 8. The van der Waals surface area contributed by atoms with Crippen LogP contribution < -0.4 is 5.32 Å². The lowest BCUT2D eigenvalue weighted by Gasteiger charge is -2.34. The largest absolute Gasteiger partial charge is 0.444 e. The Morgan fingerprint density at radius 3 is 2.14 bits per heavy atom. The topological polar surface area (TPSA) is 124 Å². The number of ether oxygens (including phenoxy) is 3. The van der Waals surface area contributed by atoms with Crippen LogP contribution in [-0.4, -0.2) is 68.5 Å². The van der Waals surface area contributed by atoms with E-state index in [1.807, 2.05) is 51.1 Å². The van der Waals surface area contributed by atoms with Crippen LogP contribution >= 0.6 is 0 Å². The first-order valence-corrected chi connectivity index (χ1v) is 16.4. The van der Waals surface area contributed by atoms with E-state index in [1.165, 1.54) is 25.5 Å². The van der Waals surface area contributed by atoms with Crippen molar-refractivity contribution >= 4 is 21.8 Å². The number of aryl methyl sites for hydroxylation is 1. The zero-order valence-electron chi connectivity index (χ0n) is 28.2. The third kappa shape index (κ3) is 14.3. The summed E-state index contributed by atoms with van der Waals surface area (Å²) in [6.45, 7) is 16.8. The second kappa shape index (κ2) is 19.5. The van der Waals surface area contributed by atoms with Crippen LogP contribution in [0.25, 0.3) is 0 Å². The standard InChI is InChI=1S/C19H27FN2O4S.C8H10O.C4H10O2.C2H6/c1-7-12-8-9-14(20)13(10-12)15-11-27(24,25)19(5,6)16(21-15)22-17(23)26-18(2,3)4;1-9-7-8-5-3-2-4-6-8;1-4(5)3-6-2;1-2/h8-10,15H,7,11H2,1-6H3,(H,21,22,23);2-6H,7H2,1H3;4-5H,3H2,1-2H3;1-2H3/t15-;;;/m0.../s1. The maximum absolute atomic E-state index is 14.4. The number of aliphatic imine (C=N–C) groups is 1. The van der Waals surface area contributed by atoms with Gasteiger partial charge in [0.05, 0.1) is 31.1 Å². The van der Waals surface area contributed by atoms with Gasteiger partial charge in [0.1, 0.15) is 22.0 Å². The normalized spacial score (nSPS) is 17.1. The van der Waals surface area contributed by atoms with Gasteiger partial charge in [-0.05, 0) is 65.2 Å². The third-order valence-corrected chi connectivity index (χ3v) is 8.52. The van der Waals surface area contributed by atoms with Crippen LogP contribution in [0.1, 0.15) is 85.0 Å². The summed E-state index contributed by atoms with van der Waals surface area (Å²) in [4.78, 5) is 16.5. The Kier molecular flexibility index (Phi) is 18.2. The molecule has 11 heteroatoms. The summed E-state index contributed by atoms with van der Waals surface area (Å²) in [5, 5.41) is 10.9. The Morgan fingerprint density at radius 1 is 1.09 bits per heavy atom. The number of sulfone groups is 1. The van der Waals surface area contributed by atoms with Crippen LogP contribution in [0.15, 0.2) is 53.5 Å². The van der Waals surface area contributed by atoms with E-state index >= 15 is 0 Å². The van der Waals surface area contributed by atoms with Crippen LogP contribution in [-0.2, 0) is 37.1 Å². The minimum absolute atomic E-state index is 0.0469. The zero-order chi connectivity index (χ0) is 34.1. The molecule has 0 fully saturated rings. The van der Waals surface area contributed by atoms with Gasteiger partial charge < -0.3 is 19.3 Å². The fourth-order valence-corrected chi connectivity index (χ4v) is 5.19. The van der Waals surface area contributed by atoms with Crippen molar-refractivity contribution in [2.45, 2.75) is 97.8 Å². The molecule has 1 unspecified atom stereocenters. The highest BCUT2D eigenvalue weighted by atomic mass is 32.2. The first kappa shape index (κ1) is 41.1. The van der Waals surface area contributed by atoms with Crippen molar-refractivity contribution in [3.63, 3.8) is 0 Å². The number of alkyl carbamates (subject to hydrolysis) is 1. The van der Waals surface area contributed by atoms with Crippen molar-refractivity contribution < 1.29 is 36.9 Å². The number of amides is 1. The Morgan fingerprint density at radius 2 is 1.68 bits per heavy atom. The molecule has 1 heterocycles. The second-order valence-electron chi connectivity index (χ2n) is 11.3. The van der Waals surface area contributed by atoms with Crippen molar-refractivity contribution in [1.82, 2.24) is 5.32 Å². The number of aliphatic hydroxyl groups is 1. The van der Waals surface area contributed by atoms with Crippen LogP contribution in [0.3, 0.4) is 0 Å². The summed E-state index contributed by atoms with van der Waals surface area (Å²) in [5.41, 5.74) is 1.56. The van der Waals surface area contributed by atoms with E-state index in [-0.39, 0.29) is 23.3 Å². The van der Waals surface area contributed by atoms with Gasteiger partial charge in [0.2, 0.25) is 0 Å². The zero-order valence-corrected chi connectivity index (χ0v) is 29.0. The van der Waals surface area contributed by atoms with E-state index in [2.05, 4.69) is 15.0 Å². The number of carbonyl (C=O) groups is 1. The molecule has 0 radical (unpaired) electrons. The van der Waals surface area contributed by atoms with E-state index in [0.717, 1.165) is 5.56 Å². The van der Waals surface area contributed by atoms with Crippen molar-refractivity contribution in [3.8, 4) is 0 Å². The monoisotopic (exact) mass is 640 g/mol. The van der Waals surface area contributed by atoms with E-state index in [4.69, 9.17) is 14.6 Å². The second-order valence-corrected chi connectivity index (χ2v) is 13.9. The molecular weight excluding hydrogens is 587 g/mol. The molecule has 0 spiro atoms.